The SMILES string of the molecule is C[C@@H]1C[C@@H](C)CN(c2ccc3nnnn3n2)C1. The molecule has 0 spiro atoms. The summed E-state index contributed by atoms with van der Waals surface area (Å²) in [5.41, 5.74) is 0.687. The molecule has 3 rings (SSSR count). The van der Waals surface area contributed by atoms with Crippen LogP contribution in [0.25, 0.3) is 5.65 Å². The van der Waals surface area contributed by atoms with Crippen LogP contribution in [0.4, 0.5) is 5.82 Å². The minimum atomic E-state index is 0.687. The molecule has 0 N–H and O–H groups in total. The largest absolute Gasteiger partial charge is 0.355 e. The molecule has 2 aromatic rings. The second kappa shape index (κ2) is 3.94. The summed E-state index contributed by atoms with van der Waals surface area (Å²) in [5.74, 6) is 2.39. The van der Waals surface area contributed by atoms with E-state index in [9.17, 15) is 0 Å². The fraction of sp³-hybridized carbons (Fsp3) is 0.636. The first-order valence-electron chi connectivity index (χ1n) is 6.03. The molecule has 0 aromatic carbocycles. The predicted molar refractivity (Wildman–Crippen MR) is 63.7 cm³/mol. The first-order chi connectivity index (χ1) is 8.22. The van der Waals surface area contributed by atoms with Crippen LogP contribution in [-0.4, -0.2) is 38.3 Å². The summed E-state index contributed by atoms with van der Waals surface area (Å²) in [5, 5.41) is 15.7. The van der Waals surface area contributed by atoms with Gasteiger partial charge in [0.2, 0.25) is 0 Å². The lowest BCUT2D eigenvalue weighted by molar-refractivity contribution is 0.354. The van der Waals surface area contributed by atoms with E-state index in [0.29, 0.717) is 17.5 Å². The number of nitrogens with zero attached hydrogens (tertiary/aromatic N) is 6. The number of hydrogen-bond acceptors (Lipinski definition) is 5. The molecule has 90 valence electrons. The number of fused-ring (bicyclic) bond motifs is 1. The normalized spacial score (nSPS) is 25.4. The van der Waals surface area contributed by atoms with E-state index in [4.69, 9.17) is 0 Å². The average molecular weight is 232 g/mol. The Labute approximate surface area is 99.6 Å². The smallest absolute Gasteiger partial charge is 0.200 e. The van der Waals surface area contributed by atoms with Crippen molar-refractivity contribution in [3.63, 3.8) is 0 Å². The molecule has 0 bridgehead atoms. The first kappa shape index (κ1) is 10.4. The summed E-state index contributed by atoms with van der Waals surface area (Å²) in [6.45, 7) is 6.70. The van der Waals surface area contributed by atoms with Crippen molar-refractivity contribution in [2.45, 2.75) is 20.3 Å². The average Bonchev–Trinajstić information content (AvgIpc) is 2.74. The van der Waals surface area contributed by atoms with Crippen molar-refractivity contribution in [1.82, 2.24) is 25.3 Å². The molecule has 0 saturated carbocycles. The lowest BCUT2D eigenvalue weighted by Gasteiger charge is -2.35. The highest BCUT2D eigenvalue weighted by atomic mass is 15.6. The third kappa shape index (κ3) is 1.94. The van der Waals surface area contributed by atoms with Gasteiger partial charge in [-0.3, -0.25) is 0 Å². The van der Waals surface area contributed by atoms with Gasteiger partial charge in [0.25, 0.3) is 0 Å². The zero-order chi connectivity index (χ0) is 11.8. The molecule has 1 fully saturated rings. The molecule has 0 radical (unpaired) electrons. The van der Waals surface area contributed by atoms with Crippen molar-refractivity contribution in [2.24, 2.45) is 11.8 Å². The van der Waals surface area contributed by atoms with Crippen LogP contribution in [-0.2, 0) is 0 Å². The molecule has 0 unspecified atom stereocenters. The Bertz CT molecular complexity index is 511. The highest BCUT2D eigenvalue weighted by Gasteiger charge is 2.23. The van der Waals surface area contributed by atoms with E-state index in [1.165, 1.54) is 11.1 Å². The van der Waals surface area contributed by atoms with Crippen LogP contribution in [0.1, 0.15) is 20.3 Å². The van der Waals surface area contributed by atoms with Gasteiger partial charge < -0.3 is 4.90 Å². The number of anilines is 1. The van der Waals surface area contributed by atoms with Crippen molar-refractivity contribution >= 4 is 11.5 Å². The molecule has 6 heteroatoms. The van der Waals surface area contributed by atoms with Gasteiger partial charge in [-0.05, 0) is 40.8 Å². The van der Waals surface area contributed by atoms with E-state index in [0.717, 1.165) is 18.9 Å². The Morgan fingerprint density at radius 2 is 1.94 bits per heavy atom. The Hall–Kier alpha value is -1.72. The van der Waals surface area contributed by atoms with Crippen LogP contribution >= 0.6 is 0 Å². The summed E-state index contributed by atoms with van der Waals surface area (Å²) in [6.07, 6.45) is 1.30. The van der Waals surface area contributed by atoms with Crippen molar-refractivity contribution in [1.29, 1.82) is 0 Å². The van der Waals surface area contributed by atoms with Crippen molar-refractivity contribution < 1.29 is 0 Å². The molecular formula is C11H16N6. The Kier molecular flexibility index (Phi) is 2.42. The van der Waals surface area contributed by atoms with Crippen LogP contribution in [0, 0.1) is 11.8 Å². The highest BCUT2D eigenvalue weighted by Crippen LogP contribution is 2.24. The Morgan fingerprint density at radius 3 is 2.71 bits per heavy atom. The third-order valence-corrected chi connectivity index (χ3v) is 3.25. The Morgan fingerprint density at radius 1 is 1.18 bits per heavy atom. The molecule has 0 aliphatic carbocycles. The second-order valence-electron chi connectivity index (χ2n) is 5.07. The molecule has 0 amide bonds. The number of hydrogen-bond donors (Lipinski definition) is 0. The molecule has 1 aliphatic rings. The quantitative estimate of drug-likeness (QED) is 0.734. The first-order valence-corrected chi connectivity index (χ1v) is 6.03. The minimum Gasteiger partial charge on any atom is -0.355 e. The molecule has 1 aliphatic heterocycles. The molecule has 2 aromatic heterocycles. The summed E-state index contributed by atoms with van der Waals surface area (Å²) in [7, 11) is 0. The second-order valence-corrected chi connectivity index (χ2v) is 5.07. The number of aromatic nitrogens is 5. The minimum absolute atomic E-state index is 0.687. The summed E-state index contributed by atoms with van der Waals surface area (Å²) < 4.78 is 1.49. The standard InChI is InChI=1S/C11H16N6/c1-8-5-9(2)7-16(6-8)11-4-3-10-12-14-15-17(10)13-11/h3-4,8-9H,5-7H2,1-2H3/t8-,9-/m1/s1. The van der Waals surface area contributed by atoms with Gasteiger partial charge in [-0.1, -0.05) is 13.8 Å². The van der Waals surface area contributed by atoms with Crippen molar-refractivity contribution in [2.75, 3.05) is 18.0 Å². The number of tetrazole rings is 1. The summed E-state index contributed by atoms with van der Waals surface area (Å²) in [6, 6.07) is 3.91. The van der Waals surface area contributed by atoms with Gasteiger partial charge in [-0.2, -0.15) is 0 Å². The van der Waals surface area contributed by atoms with Gasteiger partial charge in [-0.25, -0.2) is 0 Å². The van der Waals surface area contributed by atoms with Gasteiger partial charge >= 0.3 is 0 Å². The monoisotopic (exact) mass is 232 g/mol. The van der Waals surface area contributed by atoms with Gasteiger partial charge in [0, 0.05) is 13.1 Å². The molecule has 1 saturated heterocycles. The topological polar surface area (TPSA) is 59.2 Å². The summed E-state index contributed by atoms with van der Waals surface area (Å²) in [4.78, 5) is 2.32. The zero-order valence-corrected chi connectivity index (χ0v) is 10.1. The fourth-order valence-electron chi connectivity index (χ4n) is 2.66. The van der Waals surface area contributed by atoms with Gasteiger partial charge in [0.15, 0.2) is 11.5 Å². The van der Waals surface area contributed by atoms with E-state index in [2.05, 4.69) is 39.4 Å². The Balaban J connectivity index is 1.91. The molecular weight excluding hydrogens is 216 g/mol. The summed E-state index contributed by atoms with van der Waals surface area (Å²) >= 11 is 0. The van der Waals surface area contributed by atoms with Crippen molar-refractivity contribution in [3.05, 3.63) is 12.1 Å². The van der Waals surface area contributed by atoms with E-state index < -0.39 is 0 Å². The van der Waals surface area contributed by atoms with E-state index in [1.807, 2.05) is 12.1 Å². The van der Waals surface area contributed by atoms with Gasteiger partial charge in [0.1, 0.15) is 0 Å². The van der Waals surface area contributed by atoms with E-state index in [1.54, 1.807) is 0 Å². The van der Waals surface area contributed by atoms with Crippen LogP contribution in [0.5, 0.6) is 0 Å². The maximum absolute atomic E-state index is 4.43. The highest BCUT2D eigenvalue weighted by molar-refractivity contribution is 5.44. The lowest BCUT2D eigenvalue weighted by atomic mass is 9.92. The predicted octanol–water partition coefficient (Wildman–Crippen LogP) is 1.00. The maximum atomic E-state index is 4.43. The zero-order valence-electron chi connectivity index (χ0n) is 10.1. The van der Waals surface area contributed by atoms with Crippen LogP contribution in [0.3, 0.4) is 0 Å². The number of piperidine rings is 1. The fourth-order valence-corrected chi connectivity index (χ4v) is 2.66. The van der Waals surface area contributed by atoms with E-state index >= 15 is 0 Å². The molecule has 6 nitrogen and oxygen atoms in total. The maximum Gasteiger partial charge on any atom is 0.200 e. The van der Waals surface area contributed by atoms with Crippen LogP contribution < -0.4 is 4.90 Å². The van der Waals surface area contributed by atoms with Crippen LogP contribution in [0.2, 0.25) is 0 Å². The van der Waals surface area contributed by atoms with E-state index in [-0.39, 0.29) is 0 Å². The van der Waals surface area contributed by atoms with Gasteiger partial charge in [-0.15, -0.1) is 14.8 Å². The molecule has 3 heterocycles. The lowest BCUT2D eigenvalue weighted by Crippen LogP contribution is -2.39. The molecule has 17 heavy (non-hydrogen) atoms. The van der Waals surface area contributed by atoms with Gasteiger partial charge in [0.05, 0.1) is 0 Å². The van der Waals surface area contributed by atoms with Crippen LogP contribution in [0.15, 0.2) is 12.1 Å². The van der Waals surface area contributed by atoms with Crippen molar-refractivity contribution in [3.8, 4) is 0 Å². The third-order valence-electron chi connectivity index (χ3n) is 3.25. The molecule has 2 atom stereocenters. The number of rotatable bonds is 1.